The highest BCUT2D eigenvalue weighted by molar-refractivity contribution is 5.43. The van der Waals surface area contributed by atoms with Crippen LogP contribution in [-0.2, 0) is 13.2 Å². The molecule has 1 N–H and O–H groups in total. The summed E-state index contributed by atoms with van der Waals surface area (Å²) in [5.74, 6) is 1.52. The minimum absolute atomic E-state index is 0.580. The van der Waals surface area contributed by atoms with Gasteiger partial charge in [-0.2, -0.15) is 0 Å². The first-order valence-corrected chi connectivity index (χ1v) is 8.42. The lowest BCUT2D eigenvalue weighted by Crippen LogP contribution is -2.01. The highest BCUT2D eigenvalue weighted by atomic mass is 16.5. The second-order valence-corrected chi connectivity index (χ2v) is 5.59. The predicted octanol–water partition coefficient (Wildman–Crippen LogP) is 4.67. The third-order valence-electron chi connectivity index (χ3n) is 3.70. The minimum Gasteiger partial charge on any atom is -0.489 e. The summed E-state index contributed by atoms with van der Waals surface area (Å²) in [7, 11) is 0. The van der Waals surface area contributed by atoms with E-state index in [0.29, 0.717) is 19.1 Å². The summed E-state index contributed by atoms with van der Waals surface area (Å²) in [5, 5.41) is 3.35. The molecular formula is C21H22N2O2. The maximum absolute atomic E-state index is 5.80. The molecule has 2 aromatic carbocycles. The molecule has 128 valence electrons. The van der Waals surface area contributed by atoms with E-state index >= 15 is 0 Å². The van der Waals surface area contributed by atoms with E-state index in [0.717, 1.165) is 23.5 Å². The molecule has 3 rings (SSSR count). The van der Waals surface area contributed by atoms with Crippen molar-refractivity contribution in [3.63, 3.8) is 0 Å². The van der Waals surface area contributed by atoms with E-state index in [1.165, 1.54) is 5.56 Å². The standard InChI is InChI=1S/C21H22N2O2/c1-2-24-21-13-10-19(15-23-21)22-14-17-8-11-20(12-9-17)25-16-18-6-4-3-5-7-18/h3-13,15,22H,2,14,16H2,1H3. The molecule has 0 aliphatic carbocycles. The van der Waals surface area contributed by atoms with Gasteiger partial charge in [-0.3, -0.25) is 0 Å². The molecule has 0 aliphatic rings. The monoisotopic (exact) mass is 334 g/mol. The second kappa shape index (κ2) is 8.73. The first-order valence-electron chi connectivity index (χ1n) is 8.42. The minimum atomic E-state index is 0.580. The van der Waals surface area contributed by atoms with Crippen LogP contribution in [0.25, 0.3) is 0 Å². The lowest BCUT2D eigenvalue weighted by molar-refractivity contribution is 0.306. The molecule has 25 heavy (non-hydrogen) atoms. The van der Waals surface area contributed by atoms with Crippen molar-refractivity contribution in [2.75, 3.05) is 11.9 Å². The zero-order valence-corrected chi connectivity index (χ0v) is 14.3. The average Bonchev–Trinajstić information content (AvgIpc) is 2.68. The zero-order valence-electron chi connectivity index (χ0n) is 14.3. The van der Waals surface area contributed by atoms with Gasteiger partial charge >= 0.3 is 0 Å². The van der Waals surface area contributed by atoms with Gasteiger partial charge in [0.2, 0.25) is 5.88 Å². The summed E-state index contributed by atoms with van der Waals surface area (Å²) in [5.41, 5.74) is 3.31. The number of hydrogen-bond acceptors (Lipinski definition) is 4. The summed E-state index contributed by atoms with van der Waals surface area (Å²) in [6.07, 6.45) is 1.78. The topological polar surface area (TPSA) is 43.4 Å². The van der Waals surface area contributed by atoms with Gasteiger partial charge in [0.05, 0.1) is 18.5 Å². The summed E-state index contributed by atoms with van der Waals surface area (Å²) < 4.78 is 11.1. The van der Waals surface area contributed by atoms with Gasteiger partial charge in [-0.1, -0.05) is 42.5 Å². The Bertz CT molecular complexity index is 756. The number of nitrogens with zero attached hydrogens (tertiary/aromatic N) is 1. The lowest BCUT2D eigenvalue weighted by atomic mass is 10.2. The van der Waals surface area contributed by atoms with Crippen LogP contribution in [0.1, 0.15) is 18.1 Å². The molecule has 0 fully saturated rings. The lowest BCUT2D eigenvalue weighted by Gasteiger charge is -2.09. The van der Waals surface area contributed by atoms with Crippen LogP contribution < -0.4 is 14.8 Å². The third kappa shape index (κ3) is 5.24. The Hall–Kier alpha value is -3.01. The molecule has 0 saturated heterocycles. The number of benzene rings is 2. The van der Waals surface area contributed by atoms with Crippen molar-refractivity contribution in [3.8, 4) is 11.6 Å². The molecule has 3 aromatic rings. The van der Waals surface area contributed by atoms with Crippen LogP contribution in [0.4, 0.5) is 5.69 Å². The van der Waals surface area contributed by atoms with Gasteiger partial charge in [0, 0.05) is 12.6 Å². The molecule has 0 saturated carbocycles. The zero-order chi connectivity index (χ0) is 17.3. The van der Waals surface area contributed by atoms with Gasteiger partial charge in [0.25, 0.3) is 0 Å². The van der Waals surface area contributed by atoms with Crippen molar-refractivity contribution in [2.24, 2.45) is 0 Å². The van der Waals surface area contributed by atoms with Gasteiger partial charge in [-0.25, -0.2) is 4.98 Å². The molecule has 4 heteroatoms. The Balaban J connectivity index is 1.48. The molecule has 0 atom stereocenters. The van der Waals surface area contributed by atoms with Gasteiger partial charge in [0.15, 0.2) is 0 Å². The van der Waals surface area contributed by atoms with Crippen molar-refractivity contribution < 1.29 is 9.47 Å². The van der Waals surface area contributed by atoms with Crippen LogP contribution in [0.3, 0.4) is 0 Å². The first kappa shape index (κ1) is 16.8. The molecule has 0 unspecified atom stereocenters. The van der Waals surface area contributed by atoms with Crippen LogP contribution in [0, 0.1) is 0 Å². The van der Waals surface area contributed by atoms with E-state index in [-0.39, 0.29) is 0 Å². The number of aromatic nitrogens is 1. The van der Waals surface area contributed by atoms with Gasteiger partial charge in [-0.05, 0) is 36.2 Å². The summed E-state index contributed by atoms with van der Waals surface area (Å²) in [6.45, 7) is 3.88. The van der Waals surface area contributed by atoms with Crippen molar-refractivity contribution in [2.45, 2.75) is 20.1 Å². The summed E-state index contributed by atoms with van der Waals surface area (Å²) >= 11 is 0. The van der Waals surface area contributed by atoms with Crippen molar-refractivity contribution in [1.29, 1.82) is 0 Å². The fourth-order valence-electron chi connectivity index (χ4n) is 2.37. The molecule has 1 aromatic heterocycles. The Labute approximate surface area is 148 Å². The molecule has 0 amide bonds. The van der Waals surface area contributed by atoms with E-state index in [2.05, 4.69) is 34.6 Å². The summed E-state index contributed by atoms with van der Waals surface area (Å²) in [4.78, 5) is 4.24. The fourth-order valence-corrected chi connectivity index (χ4v) is 2.37. The SMILES string of the molecule is CCOc1ccc(NCc2ccc(OCc3ccccc3)cc2)cn1. The second-order valence-electron chi connectivity index (χ2n) is 5.59. The molecule has 1 heterocycles. The molecule has 0 spiro atoms. The normalized spacial score (nSPS) is 10.3. The van der Waals surface area contributed by atoms with E-state index in [1.54, 1.807) is 6.20 Å². The van der Waals surface area contributed by atoms with Crippen LogP contribution in [-0.4, -0.2) is 11.6 Å². The van der Waals surface area contributed by atoms with Crippen LogP contribution in [0.15, 0.2) is 72.9 Å². The van der Waals surface area contributed by atoms with Crippen molar-refractivity contribution >= 4 is 5.69 Å². The third-order valence-corrected chi connectivity index (χ3v) is 3.70. The van der Waals surface area contributed by atoms with E-state index in [4.69, 9.17) is 9.47 Å². The summed E-state index contributed by atoms with van der Waals surface area (Å²) in [6, 6.07) is 22.1. The van der Waals surface area contributed by atoms with Crippen molar-refractivity contribution in [1.82, 2.24) is 4.98 Å². The van der Waals surface area contributed by atoms with E-state index in [9.17, 15) is 0 Å². The molecule has 0 aliphatic heterocycles. The number of hydrogen-bond donors (Lipinski definition) is 1. The van der Waals surface area contributed by atoms with Gasteiger partial charge < -0.3 is 14.8 Å². The number of rotatable bonds is 8. The predicted molar refractivity (Wildman–Crippen MR) is 99.9 cm³/mol. The van der Waals surface area contributed by atoms with Gasteiger partial charge in [-0.15, -0.1) is 0 Å². The molecule has 0 bridgehead atoms. The molecule has 0 radical (unpaired) electrons. The quantitative estimate of drug-likeness (QED) is 0.650. The number of ether oxygens (including phenoxy) is 2. The van der Waals surface area contributed by atoms with Crippen LogP contribution in [0.2, 0.25) is 0 Å². The maximum Gasteiger partial charge on any atom is 0.213 e. The van der Waals surface area contributed by atoms with E-state index in [1.807, 2.05) is 49.4 Å². The maximum atomic E-state index is 5.80. The Morgan fingerprint density at radius 1 is 0.840 bits per heavy atom. The molecule has 4 nitrogen and oxygen atoms in total. The first-order chi connectivity index (χ1) is 12.3. The fraction of sp³-hybridized carbons (Fsp3) is 0.190. The average molecular weight is 334 g/mol. The van der Waals surface area contributed by atoms with Gasteiger partial charge in [0.1, 0.15) is 12.4 Å². The Morgan fingerprint density at radius 2 is 1.64 bits per heavy atom. The molecular weight excluding hydrogens is 312 g/mol. The largest absolute Gasteiger partial charge is 0.489 e. The number of anilines is 1. The van der Waals surface area contributed by atoms with E-state index < -0.39 is 0 Å². The highest BCUT2D eigenvalue weighted by Gasteiger charge is 1.99. The van der Waals surface area contributed by atoms with Crippen LogP contribution >= 0.6 is 0 Å². The van der Waals surface area contributed by atoms with Crippen molar-refractivity contribution in [3.05, 3.63) is 84.1 Å². The number of pyridine rings is 1. The van der Waals surface area contributed by atoms with Crippen LogP contribution in [0.5, 0.6) is 11.6 Å². The Morgan fingerprint density at radius 3 is 2.32 bits per heavy atom. The highest BCUT2D eigenvalue weighted by Crippen LogP contribution is 2.16. The number of nitrogens with one attached hydrogen (secondary N) is 1. The Kier molecular flexibility index (Phi) is 5.88. The smallest absolute Gasteiger partial charge is 0.213 e.